The zero-order chi connectivity index (χ0) is 82.4. The topological polar surface area (TPSA) is 605 Å². The Bertz CT molecular complexity index is 3990. The third-order valence-electron chi connectivity index (χ3n) is 18.3. The van der Waals surface area contributed by atoms with E-state index < -0.39 is 238 Å². The summed E-state index contributed by atoms with van der Waals surface area (Å²) in [5.41, 5.74) is 12.8. The molecule has 0 aromatic heterocycles. The number of carboxylic acids is 5. The van der Waals surface area contributed by atoms with Crippen LogP contribution in [-0.4, -0.2) is 206 Å². The van der Waals surface area contributed by atoms with E-state index in [4.69, 9.17) is 16.6 Å². The molecule has 0 heterocycles. The van der Waals surface area contributed by atoms with Gasteiger partial charge in [0.05, 0.1) is 6.54 Å². The van der Waals surface area contributed by atoms with Crippen LogP contribution in [0.15, 0.2) is 103 Å². The van der Waals surface area contributed by atoms with E-state index >= 15 is 0 Å². The van der Waals surface area contributed by atoms with E-state index in [-0.39, 0.29) is 57.5 Å². The van der Waals surface area contributed by atoms with Gasteiger partial charge in [0.15, 0.2) is 0 Å². The lowest BCUT2D eigenvalue weighted by Crippen LogP contribution is -2.60. The molecule has 1 saturated carbocycles. The summed E-state index contributed by atoms with van der Waals surface area (Å²) in [6, 6.07) is 15.0. The van der Waals surface area contributed by atoms with Crippen LogP contribution in [0.25, 0.3) is 10.8 Å². The highest BCUT2D eigenvalue weighted by Gasteiger charge is 2.36. The molecule has 1 aliphatic carbocycles. The Kier molecular flexibility index (Phi) is 37.5. The van der Waals surface area contributed by atoms with Crippen LogP contribution < -0.4 is 75.3 Å². The van der Waals surface area contributed by atoms with Gasteiger partial charge in [0, 0.05) is 77.3 Å². The Morgan fingerprint density at radius 2 is 0.768 bits per heavy atom. The number of benzene rings is 4. The summed E-state index contributed by atoms with van der Waals surface area (Å²) < 4.78 is 0. The standard InChI is InChI=1S/C75H98N14O23/c1-42(90)81-57(37-43-12-4-2-5-13-43)71(106)87-58(38-44-14-6-3-7-15-44)72(107)85-52(26-31-60(77)92)69(104)83-51(25-30-59(76)91)68(103)84-53(28-33-63(96)97)70(105)82-50(27-32-62(94)95)66(101)80-41-61(93)79-40-45-19-23-48(24-20-45)65(100)86-56(39-46-21-22-47-16-8-9-17-49(47)36-46)67(102)78-35-11-10-18-54(73(108)109)88-75(112)89-55(74(110)111)29-34-64(98)99/h2-9,12-17,21-22,36,45,48,50-58H,10-11,18-20,23-35,37-41H2,1H3,(H2,76,91)(H2,77,92)(H,78,102)(H,79,93)(H,80,101)(H,81,90)(H,82,105)(H,83,104)(H,84,103)(H,85,107)(H,86,100)(H,87,106)(H,94,95)(H,96,97)(H,98,99)(H,108,109)(H,110,111)(H2,88,89,112)/t45?,48?,50-,51-,52-,53-,54-,55-,56-,57-,58-/m0/s1. The fourth-order valence-corrected chi connectivity index (χ4v) is 12.2. The number of carbonyl (C=O) groups is 18. The van der Waals surface area contributed by atoms with Crippen LogP contribution in [-0.2, 0) is 101 Å². The highest BCUT2D eigenvalue weighted by atomic mass is 16.4. The molecule has 14 amide bonds. The van der Waals surface area contributed by atoms with Gasteiger partial charge in [-0.25, -0.2) is 14.4 Å². The van der Waals surface area contributed by atoms with Crippen LogP contribution in [0.2, 0.25) is 0 Å². The molecule has 606 valence electrons. The van der Waals surface area contributed by atoms with Gasteiger partial charge in [-0.15, -0.1) is 0 Å². The average Bonchev–Trinajstić information content (AvgIpc) is 0.833. The predicted octanol–water partition coefficient (Wildman–Crippen LogP) is -1.06. The van der Waals surface area contributed by atoms with Crippen molar-refractivity contribution in [2.24, 2.45) is 23.3 Å². The summed E-state index contributed by atoms with van der Waals surface area (Å²) in [6.45, 7) is 0.592. The molecule has 0 aliphatic heterocycles. The smallest absolute Gasteiger partial charge is 0.326 e. The van der Waals surface area contributed by atoms with Crippen molar-refractivity contribution in [2.45, 2.75) is 190 Å². The monoisotopic (exact) mass is 1560 g/mol. The molecular formula is C75H98N14O23. The second-order valence-corrected chi connectivity index (χ2v) is 27.1. The van der Waals surface area contributed by atoms with Crippen LogP contribution in [0.3, 0.4) is 0 Å². The number of nitrogens with two attached hydrogens (primary N) is 2. The molecule has 4 aromatic carbocycles. The molecule has 0 saturated heterocycles. The summed E-state index contributed by atoms with van der Waals surface area (Å²) in [7, 11) is 0. The fraction of sp³-hybridized carbons (Fsp3) is 0.467. The van der Waals surface area contributed by atoms with Gasteiger partial charge in [-0.05, 0) is 110 Å². The molecule has 0 radical (unpaired) electrons. The van der Waals surface area contributed by atoms with E-state index in [1.54, 1.807) is 60.7 Å². The van der Waals surface area contributed by atoms with E-state index in [9.17, 15) is 107 Å². The Morgan fingerprint density at radius 1 is 0.375 bits per heavy atom. The normalized spacial score (nSPS) is 15.4. The maximum absolute atomic E-state index is 14.4. The van der Waals surface area contributed by atoms with Crippen molar-refractivity contribution in [1.82, 2.24) is 63.8 Å². The molecule has 1 aliphatic rings. The average molecular weight is 1560 g/mol. The van der Waals surface area contributed by atoms with Crippen LogP contribution in [0.1, 0.15) is 133 Å². The number of nitrogens with one attached hydrogen (secondary N) is 12. The second-order valence-electron chi connectivity index (χ2n) is 27.1. The van der Waals surface area contributed by atoms with Gasteiger partial charge in [0.25, 0.3) is 0 Å². The number of aliphatic carboxylic acids is 5. The van der Waals surface area contributed by atoms with E-state index in [2.05, 4.69) is 63.8 Å². The van der Waals surface area contributed by atoms with Crippen LogP contribution in [0, 0.1) is 11.8 Å². The molecule has 0 spiro atoms. The van der Waals surface area contributed by atoms with Crippen LogP contribution >= 0.6 is 0 Å². The van der Waals surface area contributed by atoms with E-state index in [1.807, 2.05) is 42.5 Å². The molecule has 37 heteroatoms. The van der Waals surface area contributed by atoms with Crippen LogP contribution in [0.4, 0.5) is 4.79 Å². The summed E-state index contributed by atoms with van der Waals surface area (Å²) in [6.07, 6.45) is -4.37. The van der Waals surface area contributed by atoms with Crippen molar-refractivity contribution < 1.29 is 112 Å². The summed E-state index contributed by atoms with van der Waals surface area (Å²) in [4.78, 5) is 233. The largest absolute Gasteiger partial charge is 0.481 e. The maximum atomic E-state index is 14.4. The molecular weight excluding hydrogens is 1460 g/mol. The molecule has 0 unspecified atom stereocenters. The molecule has 0 bridgehead atoms. The Labute approximate surface area is 643 Å². The Balaban J connectivity index is 1.19. The van der Waals surface area contributed by atoms with Crippen molar-refractivity contribution in [1.29, 1.82) is 0 Å². The van der Waals surface area contributed by atoms with E-state index in [0.717, 1.165) is 16.3 Å². The second kappa shape index (κ2) is 46.7. The lowest BCUT2D eigenvalue weighted by molar-refractivity contribution is -0.141. The van der Waals surface area contributed by atoms with Gasteiger partial charge < -0.3 is 101 Å². The molecule has 5 rings (SSSR count). The first-order chi connectivity index (χ1) is 53.2. The van der Waals surface area contributed by atoms with Gasteiger partial charge in [-0.3, -0.25) is 71.9 Å². The first-order valence-electron chi connectivity index (χ1n) is 36.4. The highest BCUT2D eigenvalue weighted by molar-refractivity contribution is 5.99. The number of rotatable bonds is 49. The first-order valence-corrected chi connectivity index (χ1v) is 36.4. The zero-order valence-electron chi connectivity index (χ0n) is 61.7. The van der Waals surface area contributed by atoms with Crippen molar-refractivity contribution in [3.8, 4) is 0 Å². The summed E-state index contributed by atoms with van der Waals surface area (Å²) in [5.74, 6) is -18.5. The first kappa shape index (κ1) is 90.0. The molecule has 21 N–H and O–H groups in total. The minimum absolute atomic E-state index is 0.00655. The maximum Gasteiger partial charge on any atom is 0.326 e. The minimum Gasteiger partial charge on any atom is -0.481 e. The number of urea groups is 1. The van der Waals surface area contributed by atoms with Crippen molar-refractivity contribution in [2.75, 3.05) is 19.6 Å². The van der Waals surface area contributed by atoms with E-state index in [0.29, 0.717) is 36.8 Å². The molecule has 4 aromatic rings. The van der Waals surface area contributed by atoms with Gasteiger partial charge in [-0.2, -0.15) is 0 Å². The minimum atomic E-state index is -1.87. The van der Waals surface area contributed by atoms with Crippen molar-refractivity contribution >= 4 is 118 Å². The fourth-order valence-electron chi connectivity index (χ4n) is 12.2. The number of fused-ring (bicyclic) bond motifs is 1. The van der Waals surface area contributed by atoms with Crippen molar-refractivity contribution in [3.63, 3.8) is 0 Å². The molecule has 37 nitrogen and oxygen atoms in total. The lowest BCUT2D eigenvalue weighted by Gasteiger charge is -2.29. The Morgan fingerprint density at radius 3 is 1.23 bits per heavy atom. The zero-order valence-corrected chi connectivity index (χ0v) is 61.7. The molecule has 1 fully saturated rings. The summed E-state index contributed by atoms with van der Waals surface area (Å²) in [5, 5.41) is 78.8. The predicted molar refractivity (Wildman–Crippen MR) is 397 cm³/mol. The number of amides is 14. The van der Waals surface area contributed by atoms with Gasteiger partial charge in [-0.1, -0.05) is 103 Å². The van der Waals surface area contributed by atoms with E-state index in [1.165, 1.54) is 6.92 Å². The molecule has 9 atom stereocenters. The quantitative estimate of drug-likeness (QED) is 0.0234. The van der Waals surface area contributed by atoms with Gasteiger partial charge in [0.2, 0.25) is 70.9 Å². The van der Waals surface area contributed by atoms with Gasteiger partial charge >= 0.3 is 35.9 Å². The third kappa shape index (κ3) is 33.5. The molecule has 112 heavy (non-hydrogen) atoms. The highest BCUT2D eigenvalue weighted by Crippen LogP contribution is 2.29. The third-order valence-corrected chi connectivity index (χ3v) is 18.3. The van der Waals surface area contributed by atoms with Crippen molar-refractivity contribution in [3.05, 3.63) is 120 Å². The Hall–Kier alpha value is -12.6. The number of hydrogen-bond donors (Lipinski definition) is 19. The number of carbonyl (C=O) groups excluding carboxylic acids is 13. The number of hydrogen-bond acceptors (Lipinski definition) is 18. The number of unbranched alkanes of at least 4 members (excludes halogenated alkanes) is 1. The van der Waals surface area contributed by atoms with Crippen LogP contribution in [0.5, 0.6) is 0 Å². The number of primary amides is 2. The number of carboxylic acid groups (broad SMARTS) is 5. The lowest BCUT2D eigenvalue weighted by atomic mass is 9.81. The summed E-state index contributed by atoms with van der Waals surface area (Å²) >= 11 is 0. The SMILES string of the molecule is CC(=O)N[C@@H](Cc1ccccc1)C(=O)N[C@@H](Cc1ccccc1)C(=O)N[C@@H](CCC(N)=O)C(=O)N[C@@H](CCC(N)=O)C(=O)N[C@@H](CCC(=O)O)C(=O)N[C@@H](CCC(=O)O)C(=O)NCC(=O)NCC1CCC(C(=O)N[C@@H](Cc2ccc3ccccc3c2)C(=O)NCCCC[C@H](NC(=O)N[C@@H](CCC(=O)O)C(=O)O)C(=O)O)CC1. The van der Waals surface area contributed by atoms with Gasteiger partial charge in [0.1, 0.15) is 54.4 Å².